The van der Waals surface area contributed by atoms with Gasteiger partial charge in [0.25, 0.3) is 0 Å². The Hall–Kier alpha value is -1.27. The minimum atomic E-state index is 0. The van der Waals surface area contributed by atoms with Crippen molar-refractivity contribution in [3.05, 3.63) is 47.4 Å². The van der Waals surface area contributed by atoms with E-state index in [0.717, 1.165) is 56.0 Å². The standard InChI is InChI=1S/C19H23ClN4O.2ClH/c20-16-3-1-2-4-18(16)25-15-5-7-24(8-6-15)19-11-17(22-12-23-19)13-9-14(21)10-13;;/h1-4,11-15H,5-10,21H2;2*1H. The Labute approximate surface area is 177 Å². The van der Waals surface area contributed by atoms with E-state index < -0.39 is 0 Å². The van der Waals surface area contributed by atoms with Gasteiger partial charge < -0.3 is 15.4 Å². The lowest BCUT2D eigenvalue weighted by atomic mass is 9.78. The average Bonchev–Trinajstić information content (AvgIpc) is 2.62. The predicted molar refractivity (Wildman–Crippen MR) is 114 cm³/mol. The monoisotopic (exact) mass is 430 g/mol. The van der Waals surface area contributed by atoms with Crippen LogP contribution in [0.15, 0.2) is 36.7 Å². The SMILES string of the molecule is Cl.Cl.NC1CC(c2cc(N3CCC(Oc4ccccc4Cl)CC3)ncn2)C1. The van der Waals surface area contributed by atoms with E-state index in [9.17, 15) is 0 Å². The molecule has 0 spiro atoms. The van der Waals surface area contributed by atoms with Crippen LogP contribution < -0.4 is 15.4 Å². The Morgan fingerprint density at radius 1 is 1.07 bits per heavy atom. The second kappa shape index (κ2) is 9.78. The Kier molecular flexibility index (Phi) is 7.98. The normalized spacial score (nSPS) is 22.2. The van der Waals surface area contributed by atoms with Crippen LogP contribution in [0.4, 0.5) is 5.82 Å². The first kappa shape index (κ1) is 22.0. The maximum absolute atomic E-state index is 6.18. The average molecular weight is 432 g/mol. The van der Waals surface area contributed by atoms with Crippen LogP contribution in [-0.4, -0.2) is 35.2 Å². The third kappa shape index (κ3) is 5.17. The maximum atomic E-state index is 6.18. The van der Waals surface area contributed by atoms with Gasteiger partial charge in [0.2, 0.25) is 0 Å². The van der Waals surface area contributed by atoms with Crippen molar-refractivity contribution in [1.29, 1.82) is 0 Å². The molecular weight excluding hydrogens is 407 g/mol. The summed E-state index contributed by atoms with van der Waals surface area (Å²) in [7, 11) is 0. The number of anilines is 1. The van der Waals surface area contributed by atoms with Gasteiger partial charge in [-0.25, -0.2) is 9.97 Å². The van der Waals surface area contributed by atoms with Crippen molar-refractivity contribution in [2.75, 3.05) is 18.0 Å². The van der Waals surface area contributed by atoms with E-state index in [4.69, 9.17) is 22.1 Å². The van der Waals surface area contributed by atoms with Crippen LogP contribution in [0.3, 0.4) is 0 Å². The molecule has 5 nitrogen and oxygen atoms in total. The number of nitrogens with two attached hydrogens (primary N) is 1. The molecule has 2 aliphatic rings. The van der Waals surface area contributed by atoms with Gasteiger partial charge in [-0.15, -0.1) is 24.8 Å². The Balaban J connectivity index is 0.00000131. The van der Waals surface area contributed by atoms with Crippen LogP contribution in [0.1, 0.15) is 37.3 Å². The molecule has 2 fully saturated rings. The van der Waals surface area contributed by atoms with Gasteiger partial charge in [0.1, 0.15) is 24.0 Å². The van der Waals surface area contributed by atoms with Crippen molar-refractivity contribution >= 4 is 42.2 Å². The van der Waals surface area contributed by atoms with Gasteiger partial charge >= 0.3 is 0 Å². The third-order valence-electron chi connectivity index (χ3n) is 5.16. The van der Waals surface area contributed by atoms with Crippen LogP contribution in [0.2, 0.25) is 5.02 Å². The van der Waals surface area contributed by atoms with Crippen LogP contribution in [0, 0.1) is 0 Å². The first-order valence-corrected chi connectivity index (χ1v) is 9.30. The summed E-state index contributed by atoms with van der Waals surface area (Å²) in [5.74, 6) is 2.28. The number of para-hydroxylation sites is 1. The molecule has 1 aromatic heterocycles. The Bertz CT molecular complexity index is 734. The van der Waals surface area contributed by atoms with Crippen molar-refractivity contribution in [2.45, 2.75) is 43.7 Å². The molecule has 2 aromatic rings. The van der Waals surface area contributed by atoms with Crippen molar-refractivity contribution in [1.82, 2.24) is 9.97 Å². The molecule has 8 heteroatoms. The number of aromatic nitrogens is 2. The zero-order valence-electron chi connectivity index (χ0n) is 15.0. The molecule has 148 valence electrons. The number of ether oxygens (including phenoxy) is 1. The van der Waals surface area contributed by atoms with E-state index in [-0.39, 0.29) is 30.9 Å². The number of nitrogens with zero attached hydrogens (tertiary/aromatic N) is 3. The fourth-order valence-electron chi connectivity index (χ4n) is 3.58. The molecule has 1 aliphatic carbocycles. The molecule has 2 heterocycles. The van der Waals surface area contributed by atoms with Gasteiger partial charge in [-0.2, -0.15) is 0 Å². The van der Waals surface area contributed by atoms with E-state index in [1.54, 1.807) is 6.33 Å². The van der Waals surface area contributed by atoms with E-state index in [2.05, 4.69) is 20.9 Å². The highest BCUT2D eigenvalue weighted by atomic mass is 35.5. The quantitative estimate of drug-likeness (QED) is 0.785. The van der Waals surface area contributed by atoms with Crippen molar-refractivity contribution in [3.63, 3.8) is 0 Å². The lowest BCUT2D eigenvalue weighted by molar-refractivity contribution is 0.171. The second-order valence-corrected chi connectivity index (χ2v) is 7.37. The molecule has 0 amide bonds. The lowest BCUT2D eigenvalue weighted by Gasteiger charge is -2.34. The maximum Gasteiger partial charge on any atom is 0.138 e. The van der Waals surface area contributed by atoms with E-state index >= 15 is 0 Å². The number of hydrogen-bond acceptors (Lipinski definition) is 5. The van der Waals surface area contributed by atoms with Gasteiger partial charge in [-0.1, -0.05) is 23.7 Å². The summed E-state index contributed by atoms with van der Waals surface area (Å²) in [6, 6.07) is 10.1. The molecule has 4 rings (SSSR count). The fraction of sp³-hybridized carbons (Fsp3) is 0.474. The minimum Gasteiger partial charge on any atom is -0.489 e. The molecule has 0 bridgehead atoms. The Morgan fingerprint density at radius 3 is 2.44 bits per heavy atom. The summed E-state index contributed by atoms with van der Waals surface area (Å²) in [5, 5.41) is 0.670. The molecule has 1 aliphatic heterocycles. The van der Waals surface area contributed by atoms with Crippen molar-refractivity contribution in [2.24, 2.45) is 5.73 Å². The van der Waals surface area contributed by atoms with E-state index in [1.807, 2.05) is 24.3 Å². The Morgan fingerprint density at radius 2 is 1.78 bits per heavy atom. The highest BCUT2D eigenvalue weighted by Gasteiger charge is 2.29. The summed E-state index contributed by atoms with van der Waals surface area (Å²) in [4.78, 5) is 11.2. The van der Waals surface area contributed by atoms with Crippen molar-refractivity contribution < 1.29 is 4.74 Å². The predicted octanol–water partition coefficient (Wildman–Crippen LogP) is 4.23. The number of piperidine rings is 1. The summed E-state index contributed by atoms with van der Waals surface area (Å²) in [5.41, 5.74) is 7.03. The third-order valence-corrected chi connectivity index (χ3v) is 5.48. The number of rotatable bonds is 4. The second-order valence-electron chi connectivity index (χ2n) is 6.96. The molecule has 27 heavy (non-hydrogen) atoms. The van der Waals surface area contributed by atoms with Gasteiger partial charge in [-0.05, 0) is 25.0 Å². The molecule has 0 radical (unpaired) electrons. The van der Waals surface area contributed by atoms with Crippen LogP contribution in [0.25, 0.3) is 0 Å². The topological polar surface area (TPSA) is 64.3 Å². The summed E-state index contributed by atoms with van der Waals surface area (Å²) < 4.78 is 6.07. The number of halogens is 3. The summed E-state index contributed by atoms with van der Waals surface area (Å²) >= 11 is 6.18. The van der Waals surface area contributed by atoms with Crippen LogP contribution in [-0.2, 0) is 0 Å². The lowest BCUT2D eigenvalue weighted by Crippen LogP contribution is -2.39. The number of hydrogen-bond donors (Lipinski definition) is 1. The molecular formula is C19H25Cl3N4O. The van der Waals surface area contributed by atoms with E-state index in [1.165, 1.54) is 0 Å². The van der Waals surface area contributed by atoms with E-state index in [0.29, 0.717) is 17.0 Å². The zero-order chi connectivity index (χ0) is 17.2. The van der Waals surface area contributed by atoms with Gasteiger partial charge in [0.05, 0.1) is 5.02 Å². The molecule has 1 saturated heterocycles. The number of benzene rings is 1. The summed E-state index contributed by atoms with van der Waals surface area (Å²) in [6.07, 6.45) is 5.86. The largest absolute Gasteiger partial charge is 0.489 e. The van der Waals surface area contributed by atoms with Gasteiger partial charge in [0, 0.05) is 49.7 Å². The van der Waals surface area contributed by atoms with Crippen LogP contribution in [0.5, 0.6) is 5.75 Å². The summed E-state index contributed by atoms with van der Waals surface area (Å²) in [6.45, 7) is 1.85. The fourth-order valence-corrected chi connectivity index (χ4v) is 3.76. The first-order valence-electron chi connectivity index (χ1n) is 8.92. The molecule has 0 unspecified atom stereocenters. The molecule has 1 aromatic carbocycles. The first-order chi connectivity index (χ1) is 12.2. The van der Waals surface area contributed by atoms with Crippen molar-refractivity contribution in [3.8, 4) is 5.75 Å². The molecule has 0 atom stereocenters. The zero-order valence-corrected chi connectivity index (χ0v) is 17.3. The highest BCUT2D eigenvalue weighted by molar-refractivity contribution is 6.32. The minimum absolute atomic E-state index is 0. The smallest absolute Gasteiger partial charge is 0.138 e. The van der Waals surface area contributed by atoms with Gasteiger partial charge in [0.15, 0.2) is 0 Å². The molecule has 2 N–H and O–H groups in total. The van der Waals surface area contributed by atoms with Gasteiger partial charge in [-0.3, -0.25) is 0 Å². The van der Waals surface area contributed by atoms with Crippen LogP contribution >= 0.6 is 36.4 Å². The highest BCUT2D eigenvalue weighted by Crippen LogP contribution is 2.35. The molecule has 1 saturated carbocycles.